The van der Waals surface area contributed by atoms with Gasteiger partial charge in [0.25, 0.3) is 0 Å². The van der Waals surface area contributed by atoms with Gasteiger partial charge in [0, 0.05) is 13.1 Å². The molecule has 186 valence electrons. The van der Waals surface area contributed by atoms with Crippen LogP contribution in [0.2, 0.25) is 0 Å². The lowest BCUT2D eigenvalue weighted by molar-refractivity contribution is -0.144. The molecule has 0 saturated heterocycles. The predicted molar refractivity (Wildman–Crippen MR) is 128 cm³/mol. The van der Waals surface area contributed by atoms with Crippen LogP contribution in [0.15, 0.2) is 18.2 Å². The second-order valence-corrected chi connectivity index (χ2v) is 8.90. The molecule has 1 aromatic rings. The molecule has 0 radical (unpaired) electrons. The fourth-order valence-electron chi connectivity index (χ4n) is 4.51. The molecule has 0 fully saturated rings. The topological polar surface area (TPSA) is 146 Å². The van der Waals surface area contributed by atoms with Gasteiger partial charge < -0.3 is 21.7 Å². The summed E-state index contributed by atoms with van der Waals surface area (Å²) in [5.74, 6) is -1.61. The first-order valence-corrected chi connectivity index (χ1v) is 12.2. The van der Waals surface area contributed by atoms with Crippen LogP contribution in [0.25, 0.3) is 0 Å². The van der Waals surface area contributed by atoms with Crippen LogP contribution >= 0.6 is 0 Å². The Morgan fingerprint density at radius 3 is 1.67 bits per heavy atom. The molecule has 1 aliphatic heterocycles. The minimum Gasteiger partial charge on any atom is -0.480 e. The summed E-state index contributed by atoms with van der Waals surface area (Å²) in [5, 5.41) is 19.7. The average molecular weight is 464 g/mol. The van der Waals surface area contributed by atoms with E-state index >= 15 is 0 Å². The molecule has 9 nitrogen and oxygen atoms in total. The monoisotopic (exact) mass is 463 g/mol. The van der Waals surface area contributed by atoms with Crippen molar-refractivity contribution in [1.29, 1.82) is 0 Å². The number of aromatic nitrogens is 1. The maximum atomic E-state index is 12.0. The molecule has 2 bridgehead atoms. The van der Waals surface area contributed by atoms with Gasteiger partial charge in [0.2, 0.25) is 0 Å². The summed E-state index contributed by atoms with van der Waals surface area (Å²) in [6.45, 7) is 3.40. The number of carboxylic acid groups (broad SMARTS) is 2. The van der Waals surface area contributed by atoms with Gasteiger partial charge in [0.05, 0.1) is 11.4 Å². The number of fused-ring (bicyclic) bond motifs is 2. The highest BCUT2D eigenvalue weighted by atomic mass is 16.4. The minimum absolute atomic E-state index is 0.465. The predicted octanol–water partition coefficient (Wildman–Crippen LogP) is 2.03. The Morgan fingerprint density at radius 2 is 1.27 bits per heavy atom. The van der Waals surface area contributed by atoms with Crippen molar-refractivity contribution in [3.8, 4) is 0 Å². The number of rotatable bonds is 12. The minimum atomic E-state index is -0.803. The van der Waals surface area contributed by atoms with E-state index in [4.69, 9.17) is 16.5 Å². The summed E-state index contributed by atoms with van der Waals surface area (Å²) in [4.78, 5) is 32.9. The van der Waals surface area contributed by atoms with Gasteiger partial charge in [0.15, 0.2) is 0 Å². The molecule has 9 heteroatoms. The highest BCUT2D eigenvalue weighted by Crippen LogP contribution is 2.19. The number of nitrogens with zero attached hydrogens (tertiary/aromatic N) is 3. The van der Waals surface area contributed by atoms with Gasteiger partial charge in [-0.25, -0.2) is 0 Å². The van der Waals surface area contributed by atoms with Crippen molar-refractivity contribution in [3.05, 3.63) is 29.6 Å². The van der Waals surface area contributed by atoms with Crippen LogP contribution in [0.3, 0.4) is 0 Å². The molecule has 1 aliphatic rings. The van der Waals surface area contributed by atoms with Crippen LogP contribution in [0, 0.1) is 0 Å². The number of carboxylic acids is 2. The number of aliphatic carboxylic acids is 2. The molecule has 0 amide bonds. The molecule has 33 heavy (non-hydrogen) atoms. The molecular formula is C24H41N5O4. The number of hydrogen-bond acceptors (Lipinski definition) is 7. The number of pyridine rings is 1. The molecule has 1 aromatic heterocycles. The SMILES string of the molecule is NCCCCC(C(=O)O)N1CCCCCN(C(CCCCN)C(=O)O)Cc2cccc(n2)C1. The van der Waals surface area contributed by atoms with E-state index in [1.807, 2.05) is 28.0 Å². The Kier molecular flexibility index (Phi) is 12.3. The van der Waals surface area contributed by atoms with Gasteiger partial charge in [-0.2, -0.15) is 0 Å². The summed E-state index contributed by atoms with van der Waals surface area (Å²) < 4.78 is 0. The first-order chi connectivity index (χ1) is 16.0. The third-order valence-electron chi connectivity index (χ3n) is 6.30. The van der Waals surface area contributed by atoms with Gasteiger partial charge in [0.1, 0.15) is 12.1 Å². The molecule has 0 saturated carbocycles. The third-order valence-corrected chi connectivity index (χ3v) is 6.30. The summed E-state index contributed by atoms with van der Waals surface area (Å²) in [5.41, 5.74) is 12.8. The smallest absolute Gasteiger partial charge is 0.320 e. The molecule has 0 spiro atoms. The normalized spacial score (nSPS) is 18.1. The average Bonchev–Trinajstić information content (AvgIpc) is 2.77. The van der Waals surface area contributed by atoms with Gasteiger partial charge in [-0.1, -0.05) is 25.3 Å². The van der Waals surface area contributed by atoms with Gasteiger partial charge in [-0.05, 0) is 76.8 Å². The largest absolute Gasteiger partial charge is 0.480 e. The second kappa shape index (κ2) is 15.0. The summed E-state index contributed by atoms with van der Waals surface area (Å²) in [7, 11) is 0. The quantitative estimate of drug-likeness (QED) is 0.342. The lowest BCUT2D eigenvalue weighted by atomic mass is 10.0. The van der Waals surface area contributed by atoms with Crippen LogP contribution in [-0.2, 0) is 22.7 Å². The second-order valence-electron chi connectivity index (χ2n) is 8.90. The van der Waals surface area contributed by atoms with E-state index in [-0.39, 0.29) is 0 Å². The fraction of sp³-hybridized carbons (Fsp3) is 0.708. The number of carbonyl (C=O) groups is 2. The van der Waals surface area contributed by atoms with E-state index in [1.165, 1.54) is 0 Å². The van der Waals surface area contributed by atoms with Crippen molar-refractivity contribution in [1.82, 2.24) is 14.8 Å². The molecule has 6 N–H and O–H groups in total. The fourth-order valence-corrected chi connectivity index (χ4v) is 4.51. The van der Waals surface area contributed by atoms with Crippen LogP contribution in [0.5, 0.6) is 0 Å². The van der Waals surface area contributed by atoms with E-state index < -0.39 is 24.0 Å². The number of hydrogen-bond donors (Lipinski definition) is 4. The van der Waals surface area contributed by atoms with E-state index in [0.29, 0.717) is 52.1 Å². The maximum absolute atomic E-state index is 12.0. The first-order valence-electron chi connectivity index (χ1n) is 12.2. The van der Waals surface area contributed by atoms with Crippen molar-refractivity contribution in [2.45, 2.75) is 83.0 Å². The summed E-state index contributed by atoms with van der Waals surface area (Å²) in [6, 6.07) is 4.65. The van der Waals surface area contributed by atoms with Crippen molar-refractivity contribution >= 4 is 11.9 Å². The Hall–Kier alpha value is -2.07. The maximum Gasteiger partial charge on any atom is 0.320 e. The van der Waals surface area contributed by atoms with Crippen molar-refractivity contribution in [2.75, 3.05) is 26.2 Å². The molecule has 2 atom stereocenters. The highest BCUT2D eigenvalue weighted by molar-refractivity contribution is 5.73. The zero-order valence-electron chi connectivity index (χ0n) is 19.7. The zero-order chi connectivity index (χ0) is 24.1. The first kappa shape index (κ1) is 27.2. The Balaban J connectivity index is 2.21. The molecule has 2 unspecified atom stereocenters. The standard InChI is InChI=1S/C24H41N5O4/c25-13-4-2-11-21(23(30)31)28-15-6-1-7-16-29(22(24(32)33)12-3-5-14-26)18-20-10-8-9-19(17-28)27-20/h8-10,21-22H,1-7,11-18,25-26H2,(H,30,31)(H,32,33). The zero-order valence-corrected chi connectivity index (χ0v) is 19.7. The Morgan fingerprint density at radius 1 is 0.818 bits per heavy atom. The van der Waals surface area contributed by atoms with E-state index in [2.05, 4.69) is 0 Å². The number of unbranched alkanes of at least 4 members (excludes halogenated alkanes) is 2. The molecule has 0 aromatic carbocycles. The van der Waals surface area contributed by atoms with Crippen LogP contribution in [0.1, 0.15) is 69.2 Å². The van der Waals surface area contributed by atoms with Crippen molar-refractivity contribution in [3.63, 3.8) is 0 Å². The summed E-state index contributed by atoms with van der Waals surface area (Å²) >= 11 is 0. The van der Waals surface area contributed by atoms with E-state index in [9.17, 15) is 19.8 Å². The van der Waals surface area contributed by atoms with E-state index in [1.54, 1.807) is 0 Å². The van der Waals surface area contributed by atoms with Crippen LogP contribution in [0.4, 0.5) is 0 Å². The highest BCUT2D eigenvalue weighted by Gasteiger charge is 2.28. The summed E-state index contributed by atoms with van der Waals surface area (Å²) in [6.07, 6.45) is 6.98. The molecular weight excluding hydrogens is 422 g/mol. The number of nitrogens with two attached hydrogens (primary N) is 2. The third kappa shape index (κ3) is 9.37. The van der Waals surface area contributed by atoms with Crippen molar-refractivity contribution in [2.24, 2.45) is 11.5 Å². The lowest BCUT2D eigenvalue weighted by Crippen LogP contribution is -2.43. The molecule has 2 rings (SSSR count). The molecule has 2 heterocycles. The van der Waals surface area contributed by atoms with Gasteiger partial charge >= 0.3 is 11.9 Å². The lowest BCUT2D eigenvalue weighted by Gasteiger charge is -2.31. The Labute approximate surface area is 197 Å². The van der Waals surface area contributed by atoms with Crippen LogP contribution in [-0.4, -0.2) is 75.2 Å². The van der Waals surface area contributed by atoms with Crippen LogP contribution < -0.4 is 11.5 Å². The van der Waals surface area contributed by atoms with Gasteiger partial charge in [-0.3, -0.25) is 24.4 Å². The van der Waals surface area contributed by atoms with Gasteiger partial charge in [-0.15, -0.1) is 0 Å². The van der Waals surface area contributed by atoms with E-state index in [0.717, 1.165) is 56.3 Å². The van der Waals surface area contributed by atoms with Crippen molar-refractivity contribution < 1.29 is 19.8 Å². The molecule has 0 aliphatic carbocycles. The Bertz CT molecular complexity index is 677.